The van der Waals surface area contributed by atoms with Gasteiger partial charge in [-0.3, -0.25) is 18.8 Å². The molecular formula is C39H39Cl2N7O5. The second kappa shape index (κ2) is 15.9. The molecule has 0 saturated carbocycles. The predicted molar refractivity (Wildman–Crippen MR) is 204 cm³/mol. The van der Waals surface area contributed by atoms with Gasteiger partial charge in [0, 0.05) is 96.9 Å². The van der Waals surface area contributed by atoms with Crippen LogP contribution in [0.15, 0.2) is 71.8 Å². The summed E-state index contributed by atoms with van der Waals surface area (Å²) in [5.74, 6) is 1.16. The van der Waals surface area contributed by atoms with E-state index < -0.39 is 0 Å². The van der Waals surface area contributed by atoms with Crippen molar-refractivity contribution in [3.05, 3.63) is 98.5 Å². The van der Waals surface area contributed by atoms with Crippen molar-refractivity contribution >= 4 is 40.7 Å². The Morgan fingerprint density at radius 1 is 0.792 bits per heavy atom. The standard InChI is InChI=1S/C39H39Cl2N7O5/c1-52-27-15-30(37(41)31(16-27)32-9-6-23(38(47-32)53-2)17-42-20-25-7-10-34(49)45-25)29-5-3-4-28(36(29)40)22-12-13-48-33(14-22)44-19-24(39(48)51)18-43-21-26-8-11-35(50)46-26/h3-6,9,12-16,19,25-26,42-43H,7-8,10-11,17-18,20-21H2,1-2H3,(H,45,49)(H,46,50)/t25-,26-/m1/s1. The molecule has 3 aromatic heterocycles. The number of fused-ring (bicyclic) bond motifs is 1. The number of hydrogen-bond acceptors (Lipinski definition) is 9. The number of carbonyl (C=O) groups excluding carboxylic acids is 2. The summed E-state index contributed by atoms with van der Waals surface area (Å²) in [4.78, 5) is 45.7. The topological polar surface area (TPSA) is 148 Å². The first-order chi connectivity index (χ1) is 25.7. The maximum absolute atomic E-state index is 13.3. The maximum Gasteiger partial charge on any atom is 0.262 e. The number of pyridine rings is 2. The van der Waals surface area contributed by atoms with Gasteiger partial charge in [-0.25, -0.2) is 9.97 Å². The SMILES string of the molecule is COc1cc(-c2ccc(CNC[C@H]3CCC(=O)N3)c(OC)n2)c(Cl)c(-c2cccc(-c3ccn4c(=O)c(CNC[C@H]5CCC(=O)N5)cnc4c3)c2Cl)c1. The van der Waals surface area contributed by atoms with Crippen LogP contribution in [0.5, 0.6) is 11.6 Å². The molecule has 4 N–H and O–H groups in total. The fraction of sp³-hybridized carbons (Fsp3) is 0.308. The van der Waals surface area contributed by atoms with E-state index in [-0.39, 0.29) is 29.5 Å². The van der Waals surface area contributed by atoms with Gasteiger partial charge in [-0.1, -0.05) is 47.5 Å². The molecule has 5 heterocycles. The van der Waals surface area contributed by atoms with E-state index in [4.69, 9.17) is 37.7 Å². The summed E-state index contributed by atoms with van der Waals surface area (Å²) in [5, 5.41) is 13.4. The third-order valence-corrected chi connectivity index (χ3v) is 10.5. The Morgan fingerprint density at radius 3 is 2.11 bits per heavy atom. The Kier molecular flexibility index (Phi) is 10.9. The third kappa shape index (κ3) is 7.86. The fourth-order valence-electron chi connectivity index (χ4n) is 6.82. The molecule has 5 aromatic rings. The highest BCUT2D eigenvalue weighted by atomic mass is 35.5. The lowest BCUT2D eigenvalue weighted by molar-refractivity contribution is -0.120. The number of halogens is 2. The summed E-state index contributed by atoms with van der Waals surface area (Å²) >= 11 is 14.3. The van der Waals surface area contributed by atoms with Gasteiger partial charge in [0.05, 0.1) is 30.0 Å². The van der Waals surface area contributed by atoms with E-state index in [0.29, 0.717) is 94.3 Å². The van der Waals surface area contributed by atoms with E-state index in [9.17, 15) is 14.4 Å². The number of hydrogen-bond donors (Lipinski definition) is 4. The van der Waals surface area contributed by atoms with Gasteiger partial charge in [-0.15, -0.1) is 0 Å². The van der Waals surface area contributed by atoms with E-state index in [0.717, 1.165) is 29.5 Å². The largest absolute Gasteiger partial charge is 0.497 e. The Labute approximate surface area is 316 Å². The number of nitrogens with one attached hydrogen (secondary N) is 4. The summed E-state index contributed by atoms with van der Waals surface area (Å²) in [6.07, 6.45) is 5.96. The van der Waals surface area contributed by atoms with Crippen molar-refractivity contribution in [2.75, 3.05) is 27.3 Å². The number of methoxy groups -OCH3 is 2. The van der Waals surface area contributed by atoms with Crippen molar-refractivity contribution in [2.45, 2.75) is 50.9 Å². The smallest absolute Gasteiger partial charge is 0.262 e. The summed E-state index contributed by atoms with van der Waals surface area (Å²) in [7, 11) is 3.16. The highest BCUT2D eigenvalue weighted by molar-refractivity contribution is 6.39. The van der Waals surface area contributed by atoms with E-state index >= 15 is 0 Å². The molecule has 2 saturated heterocycles. The molecule has 2 aromatic carbocycles. The molecule has 2 atom stereocenters. The van der Waals surface area contributed by atoms with Crippen LogP contribution < -0.4 is 36.3 Å². The van der Waals surface area contributed by atoms with Gasteiger partial charge in [0.1, 0.15) is 11.4 Å². The van der Waals surface area contributed by atoms with Gasteiger partial charge in [-0.2, -0.15) is 0 Å². The monoisotopic (exact) mass is 755 g/mol. The summed E-state index contributed by atoms with van der Waals surface area (Å²) in [6.45, 7) is 2.09. The molecule has 2 amide bonds. The molecule has 0 bridgehead atoms. The van der Waals surface area contributed by atoms with Gasteiger partial charge in [0.25, 0.3) is 5.56 Å². The average Bonchev–Trinajstić information content (AvgIpc) is 3.79. The molecule has 2 aliphatic rings. The molecule has 0 spiro atoms. The first-order valence-corrected chi connectivity index (χ1v) is 18.2. The molecule has 0 unspecified atom stereocenters. The van der Waals surface area contributed by atoms with Gasteiger partial charge < -0.3 is 30.7 Å². The molecule has 14 heteroatoms. The highest BCUT2D eigenvalue weighted by Gasteiger charge is 2.23. The molecule has 7 rings (SSSR count). The zero-order valence-corrected chi connectivity index (χ0v) is 30.8. The third-order valence-electron chi connectivity index (χ3n) is 9.65. The van der Waals surface area contributed by atoms with E-state index in [1.165, 1.54) is 4.40 Å². The molecule has 274 valence electrons. The number of aromatic nitrogens is 3. The van der Waals surface area contributed by atoms with Gasteiger partial charge >= 0.3 is 0 Å². The average molecular weight is 757 g/mol. The first-order valence-electron chi connectivity index (χ1n) is 17.4. The van der Waals surface area contributed by atoms with Gasteiger partial charge in [-0.05, 0) is 48.7 Å². The van der Waals surface area contributed by atoms with Crippen LogP contribution in [0.4, 0.5) is 0 Å². The lowest BCUT2D eigenvalue weighted by Crippen LogP contribution is -2.36. The van der Waals surface area contributed by atoms with Crippen LogP contribution >= 0.6 is 23.2 Å². The summed E-state index contributed by atoms with van der Waals surface area (Å²) < 4.78 is 12.9. The normalized spacial score (nSPS) is 16.9. The van der Waals surface area contributed by atoms with Crippen LogP contribution in [0.2, 0.25) is 10.0 Å². The van der Waals surface area contributed by atoms with E-state index in [2.05, 4.69) is 26.3 Å². The van der Waals surface area contributed by atoms with Crippen LogP contribution in [0, 0.1) is 0 Å². The molecule has 12 nitrogen and oxygen atoms in total. The van der Waals surface area contributed by atoms with Gasteiger partial charge in [0.2, 0.25) is 17.7 Å². The van der Waals surface area contributed by atoms with Crippen LogP contribution in [0.25, 0.3) is 39.2 Å². The van der Waals surface area contributed by atoms with Crippen LogP contribution in [0.3, 0.4) is 0 Å². The number of rotatable bonds is 13. The second-order valence-corrected chi connectivity index (χ2v) is 13.9. The number of ether oxygens (including phenoxy) is 2. The minimum atomic E-state index is -0.173. The Hall–Kier alpha value is -5.01. The lowest BCUT2D eigenvalue weighted by Gasteiger charge is -2.17. The number of amides is 2. The summed E-state index contributed by atoms with van der Waals surface area (Å²) in [6, 6.07) is 17.0. The summed E-state index contributed by atoms with van der Waals surface area (Å²) in [5.41, 5.74) is 5.78. The van der Waals surface area contributed by atoms with Crippen LogP contribution in [-0.4, -0.2) is 65.6 Å². The molecular weight excluding hydrogens is 717 g/mol. The number of nitrogens with zero attached hydrogens (tertiary/aromatic N) is 3. The zero-order chi connectivity index (χ0) is 37.1. The van der Waals surface area contributed by atoms with Crippen molar-refractivity contribution < 1.29 is 19.1 Å². The van der Waals surface area contributed by atoms with Crippen molar-refractivity contribution in [2.24, 2.45) is 0 Å². The number of benzene rings is 2. The number of carbonyl (C=O) groups is 2. The molecule has 2 fully saturated rings. The quantitative estimate of drug-likeness (QED) is 0.128. The highest BCUT2D eigenvalue weighted by Crippen LogP contribution is 2.44. The first kappa shape index (κ1) is 36.4. The van der Waals surface area contributed by atoms with Crippen molar-refractivity contribution in [1.82, 2.24) is 35.6 Å². The minimum absolute atomic E-state index is 0.0558. The Morgan fingerprint density at radius 2 is 1.45 bits per heavy atom. The predicted octanol–water partition coefficient (Wildman–Crippen LogP) is 5.15. The van der Waals surface area contributed by atoms with Crippen LogP contribution in [0.1, 0.15) is 36.8 Å². The fourth-order valence-corrected chi connectivity index (χ4v) is 7.46. The van der Waals surface area contributed by atoms with Crippen molar-refractivity contribution in [1.29, 1.82) is 0 Å². The Balaban J connectivity index is 1.14. The van der Waals surface area contributed by atoms with Crippen molar-refractivity contribution in [3.63, 3.8) is 0 Å². The molecule has 0 aliphatic carbocycles. The molecule has 53 heavy (non-hydrogen) atoms. The Bertz CT molecular complexity index is 2260. The maximum atomic E-state index is 13.3. The molecule has 2 aliphatic heterocycles. The second-order valence-electron chi connectivity index (χ2n) is 13.2. The van der Waals surface area contributed by atoms with Gasteiger partial charge in [0.15, 0.2) is 0 Å². The minimum Gasteiger partial charge on any atom is -0.497 e. The van der Waals surface area contributed by atoms with E-state index in [1.807, 2.05) is 54.6 Å². The molecule has 0 radical (unpaired) electrons. The van der Waals surface area contributed by atoms with E-state index in [1.54, 1.807) is 26.6 Å². The lowest BCUT2D eigenvalue weighted by atomic mass is 9.96. The van der Waals surface area contributed by atoms with Crippen LogP contribution in [-0.2, 0) is 22.7 Å². The van der Waals surface area contributed by atoms with Crippen molar-refractivity contribution in [3.8, 4) is 45.1 Å². The zero-order valence-electron chi connectivity index (χ0n) is 29.3.